The van der Waals surface area contributed by atoms with E-state index in [9.17, 15) is 0 Å². The van der Waals surface area contributed by atoms with Crippen LogP contribution < -0.4 is 4.90 Å². The molecule has 0 radical (unpaired) electrons. The number of benzene rings is 12. The molecule has 0 bridgehead atoms. The quantitative estimate of drug-likeness (QED) is 0.144. The van der Waals surface area contributed by atoms with Gasteiger partial charge >= 0.3 is 0 Å². The van der Waals surface area contributed by atoms with E-state index in [4.69, 9.17) is 4.42 Å². The molecule has 0 saturated carbocycles. The molecule has 2 heterocycles. The lowest BCUT2D eigenvalue weighted by atomic mass is 9.91. The first-order valence-electron chi connectivity index (χ1n) is 25.0. The number of anilines is 3. The topological polar surface area (TPSA) is 21.3 Å². The number of furan rings is 1. The van der Waals surface area contributed by atoms with Crippen molar-refractivity contribution < 1.29 is 4.42 Å². The van der Waals surface area contributed by atoms with Gasteiger partial charge in [0.2, 0.25) is 0 Å². The Morgan fingerprint density at radius 1 is 0.288 bits per heavy atom. The summed E-state index contributed by atoms with van der Waals surface area (Å²) in [5.74, 6) is 0. The number of hydrogen-bond donors (Lipinski definition) is 0. The third-order valence-corrected chi connectivity index (χ3v) is 14.6. The molecule has 0 fully saturated rings. The Morgan fingerprint density at radius 3 is 1.49 bits per heavy atom. The number of para-hydroxylation sites is 5. The van der Waals surface area contributed by atoms with Crippen LogP contribution in [0.2, 0.25) is 0 Å². The molecule has 12 aromatic carbocycles. The molecule has 14 aromatic rings. The second-order valence-electron chi connectivity index (χ2n) is 18.8. The van der Waals surface area contributed by atoms with Crippen molar-refractivity contribution in [1.82, 2.24) is 4.57 Å². The highest BCUT2D eigenvalue weighted by atomic mass is 16.3. The molecule has 0 saturated heterocycles. The molecule has 0 unspecified atom stereocenters. The Bertz CT molecular complexity index is 4300. The molecule has 2 aromatic heterocycles. The van der Waals surface area contributed by atoms with E-state index in [1.165, 1.54) is 49.4 Å². The average Bonchev–Trinajstić information content (AvgIpc) is 4.00. The van der Waals surface area contributed by atoms with E-state index in [0.29, 0.717) is 0 Å². The zero-order chi connectivity index (χ0) is 48.2. The Labute approximate surface area is 423 Å². The number of hydrogen-bond acceptors (Lipinski definition) is 2. The van der Waals surface area contributed by atoms with Gasteiger partial charge in [-0.2, -0.15) is 0 Å². The second-order valence-corrected chi connectivity index (χ2v) is 18.8. The van der Waals surface area contributed by atoms with Crippen LogP contribution in [0.4, 0.5) is 17.1 Å². The Kier molecular flexibility index (Phi) is 10.2. The Morgan fingerprint density at radius 2 is 0.795 bits per heavy atom. The van der Waals surface area contributed by atoms with Crippen LogP contribution in [-0.2, 0) is 0 Å². The second kappa shape index (κ2) is 17.6. The van der Waals surface area contributed by atoms with E-state index in [-0.39, 0.29) is 0 Å². The van der Waals surface area contributed by atoms with Gasteiger partial charge in [0.1, 0.15) is 11.2 Å². The molecule has 0 aliphatic heterocycles. The normalized spacial score (nSPS) is 11.6. The van der Waals surface area contributed by atoms with Gasteiger partial charge in [-0.1, -0.05) is 212 Å². The Balaban J connectivity index is 0.914. The maximum atomic E-state index is 6.87. The lowest BCUT2D eigenvalue weighted by Gasteiger charge is -2.28. The van der Waals surface area contributed by atoms with Crippen LogP contribution in [0.5, 0.6) is 0 Å². The average molecular weight is 931 g/mol. The summed E-state index contributed by atoms with van der Waals surface area (Å²) in [4.78, 5) is 2.39. The lowest BCUT2D eigenvalue weighted by Crippen LogP contribution is -2.11. The van der Waals surface area contributed by atoms with E-state index in [0.717, 1.165) is 83.5 Å². The molecule has 3 nitrogen and oxygen atoms in total. The maximum absolute atomic E-state index is 6.87. The first kappa shape index (κ1) is 42.2. The van der Waals surface area contributed by atoms with Crippen LogP contribution in [-0.4, -0.2) is 4.57 Å². The van der Waals surface area contributed by atoms with Gasteiger partial charge in [0.25, 0.3) is 0 Å². The molecule has 0 spiro atoms. The van der Waals surface area contributed by atoms with Crippen molar-refractivity contribution >= 4 is 71.6 Å². The van der Waals surface area contributed by atoms with Crippen molar-refractivity contribution in [2.24, 2.45) is 0 Å². The van der Waals surface area contributed by atoms with Crippen LogP contribution in [0.15, 0.2) is 283 Å². The van der Waals surface area contributed by atoms with Crippen LogP contribution in [0.1, 0.15) is 0 Å². The number of aromatic nitrogens is 1. The summed E-state index contributed by atoms with van der Waals surface area (Å²) in [6.07, 6.45) is 0. The molecule has 0 atom stereocenters. The van der Waals surface area contributed by atoms with Crippen LogP contribution in [0.25, 0.3) is 116 Å². The van der Waals surface area contributed by atoms with Gasteiger partial charge in [-0.15, -0.1) is 0 Å². The number of nitrogens with zero attached hydrogens (tertiary/aromatic N) is 2. The van der Waals surface area contributed by atoms with Gasteiger partial charge in [0.15, 0.2) is 0 Å². The van der Waals surface area contributed by atoms with Crippen LogP contribution in [0.3, 0.4) is 0 Å². The highest BCUT2D eigenvalue weighted by Gasteiger charge is 2.22. The standard InChI is InChI=1S/C70H46N2O/c1-3-18-48(19-4-1)56-43-38-53(44-63(56)49-20-5-2-6-21-49)47-34-39-54(40-35-47)71(66-31-14-12-27-60(66)61-28-17-29-62-64-45-51-22-7-8-23-52(51)46-69(64)73-70(61)62)55-41-36-50(37-42-55)57-24-9-13-30-65(57)72-67-32-15-10-25-58(67)59-26-11-16-33-68(59)72/h1-46H. The highest BCUT2D eigenvalue weighted by molar-refractivity contribution is 6.14. The minimum Gasteiger partial charge on any atom is -0.455 e. The predicted octanol–water partition coefficient (Wildman–Crippen LogP) is 19.6. The van der Waals surface area contributed by atoms with Crippen molar-refractivity contribution in [2.75, 3.05) is 4.90 Å². The van der Waals surface area contributed by atoms with Gasteiger partial charge < -0.3 is 13.9 Å². The fourth-order valence-electron chi connectivity index (χ4n) is 11.2. The summed E-state index contributed by atoms with van der Waals surface area (Å²) < 4.78 is 9.29. The van der Waals surface area contributed by atoms with Gasteiger partial charge in [0, 0.05) is 49.6 Å². The van der Waals surface area contributed by atoms with Gasteiger partial charge in [-0.3, -0.25) is 0 Å². The highest BCUT2D eigenvalue weighted by Crippen LogP contribution is 2.46. The van der Waals surface area contributed by atoms with E-state index < -0.39 is 0 Å². The van der Waals surface area contributed by atoms with Gasteiger partial charge in [-0.05, 0) is 116 Å². The summed E-state index contributed by atoms with van der Waals surface area (Å²) in [6, 6.07) is 101. The molecule has 73 heavy (non-hydrogen) atoms. The lowest BCUT2D eigenvalue weighted by molar-refractivity contribution is 0.670. The van der Waals surface area contributed by atoms with Crippen LogP contribution in [0, 0.1) is 0 Å². The molecule has 0 N–H and O–H groups in total. The van der Waals surface area contributed by atoms with Gasteiger partial charge in [0.05, 0.1) is 22.4 Å². The number of rotatable bonds is 9. The van der Waals surface area contributed by atoms with E-state index in [2.05, 4.69) is 289 Å². The number of fused-ring (bicyclic) bond motifs is 7. The smallest absolute Gasteiger partial charge is 0.143 e. The van der Waals surface area contributed by atoms with Gasteiger partial charge in [-0.25, -0.2) is 0 Å². The third-order valence-electron chi connectivity index (χ3n) is 14.6. The molecule has 0 aliphatic carbocycles. The van der Waals surface area contributed by atoms with Crippen LogP contribution >= 0.6 is 0 Å². The summed E-state index contributed by atoms with van der Waals surface area (Å²) in [5.41, 5.74) is 19.9. The fourth-order valence-corrected chi connectivity index (χ4v) is 11.2. The molecule has 0 aliphatic rings. The monoisotopic (exact) mass is 930 g/mol. The van der Waals surface area contributed by atoms with Crippen molar-refractivity contribution in [3.63, 3.8) is 0 Å². The summed E-state index contributed by atoms with van der Waals surface area (Å²) in [7, 11) is 0. The first-order valence-corrected chi connectivity index (χ1v) is 25.0. The van der Waals surface area contributed by atoms with Crippen molar-refractivity contribution in [3.05, 3.63) is 279 Å². The molecule has 3 heteroatoms. The SMILES string of the molecule is c1ccc(-c2ccc(-c3ccc(N(c4ccc(-c5ccccc5-n5c6ccccc6c6ccccc65)cc4)c4ccccc4-c4cccc5c4oc4cc6ccccc6cc45)cc3)cc2-c2ccccc2)cc1. The predicted molar refractivity (Wildman–Crippen MR) is 307 cm³/mol. The molecule has 0 amide bonds. The summed E-state index contributed by atoms with van der Waals surface area (Å²) in [5, 5.41) is 7.07. The molecular weight excluding hydrogens is 885 g/mol. The van der Waals surface area contributed by atoms with Crippen molar-refractivity contribution in [1.29, 1.82) is 0 Å². The Hall–Kier alpha value is -9.70. The minimum atomic E-state index is 0.876. The van der Waals surface area contributed by atoms with E-state index >= 15 is 0 Å². The largest absolute Gasteiger partial charge is 0.455 e. The first-order chi connectivity index (χ1) is 36.2. The fraction of sp³-hybridized carbons (Fsp3) is 0. The zero-order valence-corrected chi connectivity index (χ0v) is 39.9. The minimum absolute atomic E-state index is 0.876. The van der Waals surface area contributed by atoms with E-state index in [1.54, 1.807) is 0 Å². The maximum Gasteiger partial charge on any atom is 0.143 e. The molecule has 14 rings (SSSR count). The van der Waals surface area contributed by atoms with E-state index in [1.807, 2.05) is 0 Å². The zero-order valence-electron chi connectivity index (χ0n) is 39.9. The van der Waals surface area contributed by atoms with Crippen molar-refractivity contribution in [3.8, 4) is 61.3 Å². The molecular formula is C70H46N2O. The summed E-state index contributed by atoms with van der Waals surface area (Å²) in [6.45, 7) is 0. The van der Waals surface area contributed by atoms with Crippen molar-refractivity contribution in [2.45, 2.75) is 0 Å². The molecule has 342 valence electrons. The third kappa shape index (κ3) is 7.29. The summed E-state index contributed by atoms with van der Waals surface area (Å²) >= 11 is 0.